The second-order valence-corrected chi connectivity index (χ2v) is 3.01. The van der Waals surface area contributed by atoms with Crippen molar-refractivity contribution in [3.8, 4) is 0 Å². The minimum atomic E-state index is 0.190. The standard InChI is InChI=1S/C8H14N4O/c1-3-4-5-7(13)6-8-9-11-12(2)10-8/h3-6H2,1-2H3. The second-order valence-electron chi connectivity index (χ2n) is 3.01. The number of rotatable bonds is 5. The first kappa shape index (κ1) is 9.83. The third-order valence-corrected chi connectivity index (χ3v) is 1.71. The van der Waals surface area contributed by atoms with Crippen molar-refractivity contribution < 1.29 is 4.79 Å². The fourth-order valence-corrected chi connectivity index (χ4v) is 1.03. The maximum Gasteiger partial charge on any atom is 0.182 e. The molecule has 0 saturated carbocycles. The van der Waals surface area contributed by atoms with Gasteiger partial charge in [0.15, 0.2) is 5.82 Å². The van der Waals surface area contributed by atoms with Gasteiger partial charge < -0.3 is 0 Å². The number of nitrogens with zero attached hydrogens (tertiary/aromatic N) is 4. The molecule has 1 aromatic rings. The SMILES string of the molecule is CCCCC(=O)Cc1nnn(C)n1. The van der Waals surface area contributed by atoms with E-state index in [9.17, 15) is 4.79 Å². The Hall–Kier alpha value is -1.26. The van der Waals surface area contributed by atoms with Crippen molar-refractivity contribution in [1.29, 1.82) is 0 Å². The molecule has 5 nitrogen and oxygen atoms in total. The van der Waals surface area contributed by atoms with Crippen molar-refractivity contribution in [1.82, 2.24) is 20.2 Å². The number of tetrazole rings is 1. The van der Waals surface area contributed by atoms with Gasteiger partial charge in [0.05, 0.1) is 13.5 Å². The minimum Gasteiger partial charge on any atom is -0.299 e. The van der Waals surface area contributed by atoms with E-state index in [-0.39, 0.29) is 5.78 Å². The lowest BCUT2D eigenvalue weighted by molar-refractivity contribution is -0.118. The Kier molecular flexibility index (Phi) is 3.54. The lowest BCUT2D eigenvalue weighted by atomic mass is 10.1. The lowest BCUT2D eigenvalue weighted by Crippen LogP contribution is -2.04. The molecule has 0 aliphatic carbocycles. The molecule has 0 radical (unpaired) electrons. The van der Waals surface area contributed by atoms with Crippen LogP contribution in [0.3, 0.4) is 0 Å². The Morgan fingerprint density at radius 3 is 2.85 bits per heavy atom. The van der Waals surface area contributed by atoms with Gasteiger partial charge in [0.25, 0.3) is 0 Å². The van der Waals surface area contributed by atoms with Crippen LogP contribution in [0.4, 0.5) is 0 Å². The summed E-state index contributed by atoms with van der Waals surface area (Å²) in [6.07, 6.45) is 2.92. The van der Waals surface area contributed by atoms with Gasteiger partial charge in [0.1, 0.15) is 5.78 Å². The van der Waals surface area contributed by atoms with Gasteiger partial charge in [0, 0.05) is 6.42 Å². The van der Waals surface area contributed by atoms with E-state index in [2.05, 4.69) is 22.3 Å². The van der Waals surface area contributed by atoms with E-state index in [1.807, 2.05) is 0 Å². The number of hydrogen-bond acceptors (Lipinski definition) is 4. The lowest BCUT2D eigenvalue weighted by Gasteiger charge is -1.94. The van der Waals surface area contributed by atoms with E-state index in [0.29, 0.717) is 18.7 Å². The van der Waals surface area contributed by atoms with Gasteiger partial charge in [-0.2, -0.15) is 4.80 Å². The van der Waals surface area contributed by atoms with Crippen molar-refractivity contribution in [2.75, 3.05) is 0 Å². The molecular formula is C8H14N4O. The van der Waals surface area contributed by atoms with Gasteiger partial charge in [-0.25, -0.2) is 0 Å². The van der Waals surface area contributed by atoms with Crippen LogP contribution in [-0.4, -0.2) is 26.0 Å². The van der Waals surface area contributed by atoms with Crippen LogP contribution in [0.1, 0.15) is 32.0 Å². The zero-order valence-corrected chi connectivity index (χ0v) is 8.03. The highest BCUT2D eigenvalue weighted by molar-refractivity contribution is 5.79. The van der Waals surface area contributed by atoms with Crippen molar-refractivity contribution in [2.24, 2.45) is 7.05 Å². The molecule has 13 heavy (non-hydrogen) atoms. The third-order valence-electron chi connectivity index (χ3n) is 1.71. The van der Waals surface area contributed by atoms with Gasteiger partial charge in [-0.3, -0.25) is 4.79 Å². The van der Waals surface area contributed by atoms with E-state index in [1.54, 1.807) is 7.05 Å². The molecule has 0 amide bonds. The Morgan fingerprint density at radius 2 is 2.31 bits per heavy atom. The molecule has 0 spiro atoms. The number of Topliss-reactive ketones (excluding diaryl/α,β-unsaturated/α-hetero) is 1. The molecule has 0 aliphatic heterocycles. The highest BCUT2D eigenvalue weighted by atomic mass is 16.1. The van der Waals surface area contributed by atoms with Crippen LogP contribution in [0.2, 0.25) is 0 Å². The summed E-state index contributed by atoms with van der Waals surface area (Å²) in [4.78, 5) is 12.6. The quantitative estimate of drug-likeness (QED) is 0.665. The molecule has 5 heteroatoms. The Balaban J connectivity index is 2.36. The summed E-state index contributed by atoms with van der Waals surface area (Å²) in [6, 6.07) is 0. The zero-order chi connectivity index (χ0) is 9.68. The summed E-state index contributed by atoms with van der Waals surface area (Å²) >= 11 is 0. The van der Waals surface area contributed by atoms with E-state index < -0.39 is 0 Å². The molecule has 72 valence electrons. The molecule has 0 bridgehead atoms. The first-order valence-corrected chi connectivity index (χ1v) is 4.47. The van der Waals surface area contributed by atoms with Crippen LogP contribution in [-0.2, 0) is 18.3 Å². The summed E-state index contributed by atoms with van der Waals surface area (Å²) in [5, 5.41) is 11.3. The van der Waals surface area contributed by atoms with E-state index in [4.69, 9.17) is 0 Å². The monoisotopic (exact) mass is 182 g/mol. The highest BCUT2D eigenvalue weighted by Gasteiger charge is 2.07. The van der Waals surface area contributed by atoms with E-state index in [1.165, 1.54) is 4.80 Å². The van der Waals surface area contributed by atoms with Gasteiger partial charge in [-0.1, -0.05) is 13.3 Å². The summed E-state index contributed by atoms with van der Waals surface area (Å²) in [5.74, 6) is 0.707. The molecular weight excluding hydrogens is 168 g/mol. The highest BCUT2D eigenvalue weighted by Crippen LogP contribution is 1.99. The Morgan fingerprint density at radius 1 is 1.54 bits per heavy atom. The maximum absolute atomic E-state index is 11.3. The molecule has 0 fully saturated rings. The molecule has 1 rings (SSSR count). The number of ketones is 1. The summed E-state index contributed by atoms with van der Waals surface area (Å²) < 4.78 is 0. The smallest absolute Gasteiger partial charge is 0.182 e. The largest absolute Gasteiger partial charge is 0.299 e. The number of unbranched alkanes of at least 4 members (excludes halogenated alkanes) is 1. The number of aromatic nitrogens is 4. The number of hydrogen-bond donors (Lipinski definition) is 0. The minimum absolute atomic E-state index is 0.190. The zero-order valence-electron chi connectivity index (χ0n) is 8.03. The predicted molar refractivity (Wildman–Crippen MR) is 47.0 cm³/mol. The summed E-state index contributed by atoms with van der Waals surface area (Å²) in [7, 11) is 1.69. The van der Waals surface area contributed by atoms with Crippen LogP contribution >= 0.6 is 0 Å². The summed E-state index contributed by atoms with van der Waals surface area (Å²) in [5.41, 5.74) is 0. The van der Waals surface area contributed by atoms with Crippen LogP contribution in [0, 0.1) is 0 Å². The summed E-state index contributed by atoms with van der Waals surface area (Å²) in [6.45, 7) is 2.06. The molecule has 1 aromatic heterocycles. The normalized spacial score (nSPS) is 10.3. The molecule has 0 N–H and O–H groups in total. The molecule has 0 unspecified atom stereocenters. The number of carbonyl (C=O) groups is 1. The third kappa shape index (κ3) is 3.31. The van der Waals surface area contributed by atoms with E-state index in [0.717, 1.165) is 12.8 Å². The Bertz CT molecular complexity index is 281. The van der Waals surface area contributed by atoms with Crippen molar-refractivity contribution in [3.05, 3.63) is 5.82 Å². The molecule has 0 aliphatic rings. The average Bonchev–Trinajstić information content (AvgIpc) is 2.48. The average molecular weight is 182 g/mol. The second kappa shape index (κ2) is 4.69. The predicted octanol–water partition coefficient (Wildman–Crippen LogP) is 0.512. The molecule has 0 aromatic carbocycles. The number of aryl methyl sites for hydroxylation is 1. The van der Waals surface area contributed by atoms with Crippen molar-refractivity contribution in [2.45, 2.75) is 32.6 Å². The van der Waals surface area contributed by atoms with Gasteiger partial charge in [0.2, 0.25) is 0 Å². The van der Waals surface area contributed by atoms with Crippen LogP contribution in [0.25, 0.3) is 0 Å². The van der Waals surface area contributed by atoms with Gasteiger partial charge in [-0.15, -0.1) is 10.2 Å². The molecule has 1 heterocycles. The van der Waals surface area contributed by atoms with E-state index >= 15 is 0 Å². The first-order valence-electron chi connectivity index (χ1n) is 4.47. The molecule has 0 saturated heterocycles. The number of carbonyl (C=O) groups excluding carboxylic acids is 1. The fourth-order valence-electron chi connectivity index (χ4n) is 1.03. The first-order chi connectivity index (χ1) is 6.22. The van der Waals surface area contributed by atoms with Crippen molar-refractivity contribution in [3.63, 3.8) is 0 Å². The van der Waals surface area contributed by atoms with Crippen molar-refractivity contribution >= 4 is 5.78 Å². The maximum atomic E-state index is 11.3. The molecule has 0 atom stereocenters. The topological polar surface area (TPSA) is 60.7 Å². The van der Waals surface area contributed by atoms with Gasteiger partial charge >= 0.3 is 0 Å². The van der Waals surface area contributed by atoms with Crippen LogP contribution < -0.4 is 0 Å². The van der Waals surface area contributed by atoms with Gasteiger partial charge in [-0.05, 0) is 11.6 Å². The van der Waals surface area contributed by atoms with Crippen LogP contribution in [0.5, 0.6) is 0 Å². The van der Waals surface area contributed by atoms with Crippen LogP contribution in [0.15, 0.2) is 0 Å². The Labute approximate surface area is 77.1 Å². The fraction of sp³-hybridized carbons (Fsp3) is 0.750.